The Morgan fingerprint density at radius 3 is 1.03 bits per heavy atom. The van der Waals surface area contributed by atoms with Crippen molar-refractivity contribution >= 4 is 41.0 Å². The molecule has 4 rings (SSSR count). The fraction of sp³-hybridized carbons (Fsp3) is 0.714. The molecule has 0 saturated carbocycles. The second-order valence-electron chi connectivity index (χ2n) is 21.9. The molecule has 0 unspecified atom stereocenters. The average molecular weight is 1140 g/mol. The Morgan fingerprint density at radius 2 is 0.696 bits per heavy atom. The van der Waals surface area contributed by atoms with Crippen molar-refractivity contribution in [3.05, 3.63) is 58.1 Å². The molecule has 0 radical (unpaired) electrons. The smallest absolute Gasteiger partial charge is 0.322 e. The predicted molar refractivity (Wildman–Crippen MR) is 328 cm³/mol. The molecule has 0 aliphatic carbocycles. The van der Waals surface area contributed by atoms with E-state index in [9.17, 15) is 0 Å². The van der Waals surface area contributed by atoms with E-state index in [0.29, 0.717) is 39.3 Å². The molecule has 16 heteroatoms. The van der Waals surface area contributed by atoms with Gasteiger partial charge in [0.15, 0.2) is 0 Å². The lowest BCUT2D eigenvalue weighted by Gasteiger charge is -2.34. The highest BCUT2D eigenvalue weighted by Crippen LogP contribution is 2.36. The van der Waals surface area contributed by atoms with Crippen LogP contribution in [0.5, 0.6) is 29.0 Å². The molecule has 0 bridgehead atoms. The first-order valence-electron chi connectivity index (χ1n) is 31.1. The van der Waals surface area contributed by atoms with Crippen molar-refractivity contribution in [3.63, 3.8) is 0 Å². The molecule has 4 aromatic rings. The van der Waals surface area contributed by atoms with Crippen LogP contribution >= 0.6 is 23.2 Å². The molecule has 0 saturated heterocycles. The SMILES string of the molecule is CCCCCCCCCCOc1cc(CC(CNc2nc(N)nc(Cl)n2)(COc2nc(N)nc(Cl)n2)Cc2cc(OCCCCCCCCCC)cc(OCCCCCCCCCC)c2)cc(OCCCCCCCCCC)c1. The topological polar surface area (TPSA) is 188 Å². The maximum absolute atomic E-state index is 6.60. The van der Waals surface area contributed by atoms with Crippen LogP contribution in [0.2, 0.25) is 10.6 Å². The molecule has 2 heterocycles. The lowest BCUT2D eigenvalue weighted by molar-refractivity contribution is 0.143. The highest BCUT2D eigenvalue weighted by Gasteiger charge is 2.34. The third-order valence-corrected chi connectivity index (χ3v) is 14.8. The molecular weight excluding hydrogens is 1030 g/mol. The summed E-state index contributed by atoms with van der Waals surface area (Å²) in [7, 11) is 0. The third kappa shape index (κ3) is 31.3. The van der Waals surface area contributed by atoms with Gasteiger partial charge in [-0.05, 0) is 97.1 Å². The van der Waals surface area contributed by atoms with Crippen molar-refractivity contribution in [2.24, 2.45) is 5.41 Å². The quantitative estimate of drug-likeness (QED) is 0.0354. The number of anilines is 3. The van der Waals surface area contributed by atoms with Crippen molar-refractivity contribution in [2.75, 3.05) is 56.4 Å². The molecule has 0 aliphatic heterocycles. The van der Waals surface area contributed by atoms with Gasteiger partial charge in [-0.3, -0.25) is 0 Å². The molecule has 444 valence electrons. The van der Waals surface area contributed by atoms with Crippen molar-refractivity contribution in [3.8, 4) is 29.0 Å². The fourth-order valence-corrected chi connectivity index (χ4v) is 10.4. The van der Waals surface area contributed by atoms with E-state index in [-0.39, 0.29) is 47.6 Å². The van der Waals surface area contributed by atoms with Gasteiger partial charge in [0.1, 0.15) is 23.0 Å². The lowest BCUT2D eigenvalue weighted by Crippen LogP contribution is -2.41. The number of aromatic nitrogens is 6. The number of nitrogens with two attached hydrogens (primary N) is 2. The zero-order chi connectivity index (χ0) is 56.4. The van der Waals surface area contributed by atoms with Crippen LogP contribution in [0.3, 0.4) is 0 Å². The summed E-state index contributed by atoms with van der Waals surface area (Å²) in [5.41, 5.74) is 13.4. The minimum Gasteiger partial charge on any atom is -0.493 e. The zero-order valence-electron chi connectivity index (χ0n) is 49.4. The van der Waals surface area contributed by atoms with Crippen molar-refractivity contribution in [1.82, 2.24) is 29.9 Å². The number of halogens is 2. The fourth-order valence-electron chi connectivity index (χ4n) is 10.0. The number of hydrogen-bond acceptors (Lipinski definition) is 14. The van der Waals surface area contributed by atoms with Crippen LogP contribution in [0, 0.1) is 5.41 Å². The van der Waals surface area contributed by atoms with E-state index >= 15 is 0 Å². The zero-order valence-corrected chi connectivity index (χ0v) is 50.9. The van der Waals surface area contributed by atoms with Crippen molar-refractivity contribution in [1.29, 1.82) is 0 Å². The van der Waals surface area contributed by atoms with E-state index in [1.165, 1.54) is 154 Å². The summed E-state index contributed by atoms with van der Waals surface area (Å²) in [5.74, 6) is 3.22. The molecule has 79 heavy (non-hydrogen) atoms. The van der Waals surface area contributed by atoms with Crippen molar-refractivity contribution in [2.45, 2.75) is 246 Å². The molecule has 0 amide bonds. The van der Waals surface area contributed by atoms with Gasteiger partial charge in [-0.2, -0.15) is 29.9 Å². The molecule has 2 aromatic carbocycles. The van der Waals surface area contributed by atoms with Gasteiger partial charge in [0, 0.05) is 24.1 Å². The van der Waals surface area contributed by atoms with Crippen LogP contribution in [0.1, 0.15) is 244 Å². The minimum absolute atomic E-state index is 0.00101. The van der Waals surface area contributed by atoms with Gasteiger partial charge in [0.2, 0.25) is 28.4 Å². The van der Waals surface area contributed by atoms with Gasteiger partial charge in [0.25, 0.3) is 0 Å². The van der Waals surface area contributed by atoms with Crippen molar-refractivity contribution < 1.29 is 23.7 Å². The Bertz CT molecular complexity index is 1920. The van der Waals surface area contributed by atoms with Crippen LogP contribution in [-0.4, -0.2) is 69.5 Å². The standard InChI is InChI=1S/C63H103Cl2N9O5/c1-5-9-13-17-21-25-29-33-37-75-53-41-51(42-54(45-53)76-38-34-30-26-22-18-14-10-6-2)47-63(49-68-61-71-57(64)69-59(66)73-61,50-79-62-72-58(65)70-60(67)74-62)48-52-43-55(77-39-35-31-27-23-19-15-11-7-3)46-56(44-52)78-40-36-32-28-24-20-16-12-8-4/h41-46H,5-40,47-50H2,1-4H3,(H2,67,70,72,74)(H3,66,68,69,71,73). The monoisotopic (exact) mass is 1140 g/mol. The summed E-state index contributed by atoms with van der Waals surface area (Å²) in [6, 6.07) is 12.6. The van der Waals surface area contributed by atoms with E-state index < -0.39 is 5.41 Å². The predicted octanol–water partition coefficient (Wildman–Crippen LogP) is 17.6. The maximum Gasteiger partial charge on any atom is 0.322 e. The Balaban J connectivity index is 1.72. The van der Waals surface area contributed by atoms with E-state index in [1.54, 1.807) is 0 Å². The first-order valence-corrected chi connectivity index (χ1v) is 31.9. The molecule has 2 aromatic heterocycles. The lowest BCUT2D eigenvalue weighted by atomic mass is 9.76. The molecule has 0 atom stereocenters. The summed E-state index contributed by atoms with van der Waals surface area (Å²) in [5, 5.41) is 3.38. The van der Waals surface area contributed by atoms with E-state index in [1.807, 2.05) is 12.1 Å². The van der Waals surface area contributed by atoms with Gasteiger partial charge in [0.05, 0.1) is 33.0 Å². The number of benzene rings is 2. The largest absolute Gasteiger partial charge is 0.493 e. The first kappa shape index (κ1) is 66.9. The summed E-state index contributed by atoms with van der Waals surface area (Å²) in [4.78, 5) is 25.5. The summed E-state index contributed by atoms with van der Waals surface area (Å²) in [6.45, 7) is 11.9. The molecular formula is C63H103Cl2N9O5. The third-order valence-electron chi connectivity index (χ3n) is 14.5. The number of unbranched alkanes of at least 4 members (excludes halogenated alkanes) is 28. The van der Waals surface area contributed by atoms with Gasteiger partial charge in [-0.25, -0.2) is 0 Å². The van der Waals surface area contributed by atoms with Crippen LogP contribution in [0.4, 0.5) is 17.8 Å². The van der Waals surface area contributed by atoms with E-state index in [0.717, 1.165) is 85.5 Å². The Kier molecular flexibility index (Phi) is 35.9. The van der Waals surface area contributed by atoms with Gasteiger partial charge in [-0.1, -0.05) is 207 Å². The minimum atomic E-state index is -0.807. The molecule has 0 aliphatic rings. The highest BCUT2D eigenvalue weighted by atomic mass is 35.5. The molecule has 0 fully saturated rings. The number of nitrogen functional groups attached to an aromatic ring is 2. The van der Waals surface area contributed by atoms with Crippen LogP contribution < -0.4 is 40.5 Å². The summed E-state index contributed by atoms with van der Waals surface area (Å²) in [6.07, 6.45) is 39.9. The maximum atomic E-state index is 6.60. The Hall–Kier alpha value is -4.56. The van der Waals surface area contributed by atoms with Crippen LogP contribution in [0.15, 0.2) is 36.4 Å². The number of ether oxygens (including phenoxy) is 5. The first-order chi connectivity index (χ1) is 38.6. The number of nitrogens with zero attached hydrogens (tertiary/aromatic N) is 6. The van der Waals surface area contributed by atoms with E-state index in [2.05, 4.69) is 87.2 Å². The molecule has 14 nitrogen and oxygen atoms in total. The Morgan fingerprint density at radius 1 is 0.380 bits per heavy atom. The van der Waals surface area contributed by atoms with Crippen LogP contribution in [-0.2, 0) is 12.8 Å². The molecule has 5 N–H and O–H groups in total. The van der Waals surface area contributed by atoms with Gasteiger partial charge < -0.3 is 40.5 Å². The summed E-state index contributed by atoms with van der Waals surface area (Å²) < 4.78 is 33.0. The van der Waals surface area contributed by atoms with Gasteiger partial charge >= 0.3 is 6.01 Å². The normalized spacial score (nSPS) is 11.5. The second kappa shape index (κ2) is 42.3. The number of rotatable bonds is 50. The average Bonchev–Trinajstić information content (AvgIpc) is 3.42. The van der Waals surface area contributed by atoms with Crippen LogP contribution in [0.25, 0.3) is 0 Å². The second-order valence-corrected chi connectivity index (χ2v) is 22.6. The number of hydrogen-bond donors (Lipinski definition) is 3. The van der Waals surface area contributed by atoms with Gasteiger partial charge in [-0.15, -0.1) is 0 Å². The Labute approximate surface area is 487 Å². The van der Waals surface area contributed by atoms with E-state index in [4.69, 9.17) is 58.4 Å². The highest BCUT2D eigenvalue weighted by molar-refractivity contribution is 6.28. The number of nitrogens with one attached hydrogen (secondary N) is 1. The summed E-state index contributed by atoms with van der Waals surface area (Å²) >= 11 is 12.7. The molecule has 0 spiro atoms.